The molecule has 1 heterocycles. The van der Waals surface area contributed by atoms with Crippen molar-refractivity contribution in [1.29, 1.82) is 0 Å². The Morgan fingerprint density at radius 2 is 2.22 bits per heavy atom. The summed E-state index contributed by atoms with van der Waals surface area (Å²) in [6, 6.07) is 3.79. The molecule has 1 aromatic rings. The minimum atomic E-state index is -1.01. The SMILES string of the molecule is CCC1CCCCC1NCc1ccc(C(=O)O)o1. The van der Waals surface area contributed by atoms with Gasteiger partial charge in [0.25, 0.3) is 0 Å². The van der Waals surface area contributed by atoms with Crippen molar-refractivity contribution in [2.75, 3.05) is 0 Å². The number of aromatic carboxylic acids is 1. The second kappa shape index (κ2) is 6.05. The largest absolute Gasteiger partial charge is 0.475 e. The van der Waals surface area contributed by atoms with Gasteiger partial charge in [-0.1, -0.05) is 26.2 Å². The molecule has 0 aromatic carbocycles. The molecule has 2 rings (SSSR count). The lowest BCUT2D eigenvalue weighted by atomic mass is 9.83. The van der Waals surface area contributed by atoms with Gasteiger partial charge in [0.2, 0.25) is 5.76 Å². The molecule has 4 nitrogen and oxygen atoms in total. The van der Waals surface area contributed by atoms with Crippen molar-refractivity contribution in [2.24, 2.45) is 5.92 Å². The number of hydrogen-bond donors (Lipinski definition) is 2. The molecule has 1 aromatic heterocycles. The normalized spacial score (nSPS) is 24.1. The second-order valence-corrected chi connectivity index (χ2v) is 5.01. The van der Waals surface area contributed by atoms with Crippen LogP contribution in [-0.2, 0) is 6.54 Å². The molecule has 1 fully saturated rings. The molecule has 2 N–H and O–H groups in total. The van der Waals surface area contributed by atoms with E-state index in [0.29, 0.717) is 18.3 Å². The van der Waals surface area contributed by atoms with Crippen molar-refractivity contribution in [1.82, 2.24) is 5.32 Å². The van der Waals surface area contributed by atoms with Gasteiger partial charge in [-0.2, -0.15) is 0 Å². The lowest BCUT2D eigenvalue weighted by Gasteiger charge is -2.31. The van der Waals surface area contributed by atoms with E-state index in [4.69, 9.17) is 9.52 Å². The van der Waals surface area contributed by atoms with Crippen molar-refractivity contribution < 1.29 is 14.3 Å². The Kier molecular flexibility index (Phi) is 4.42. The van der Waals surface area contributed by atoms with E-state index in [0.717, 1.165) is 5.92 Å². The maximum atomic E-state index is 10.7. The summed E-state index contributed by atoms with van der Waals surface area (Å²) < 4.78 is 5.24. The number of rotatable bonds is 5. The van der Waals surface area contributed by atoms with Crippen LogP contribution in [0.15, 0.2) is 16.5 Å². The van der Waals surface area contributed by atoms with Gasteiger partial charge >= 0.3 is 5.97 Å². The van der Waals surface area contributed by atoms with E-state index in [1.54, 1.807) is 6.07 Å². The van der Waals surface area contributed by atoms with E-state index in [2.05, 4.69) is 12.2 Å². The molecule has 0 bridgehead atoms. The van der Waals surface area contributed by atoms with E-state index in [1.165, 1.54) is 38.2 Å². The third-order valence-corrected chi connectivity index (χ3v) is 3.84. The van der Waals surface area contributed by atoms with Crippen LogP contribution < -0.4 is 5.32 Å². The molecule has 2 atom stereocenters. The Hall–Kier alpha value is -1.29. The smallest absolute Gasteiger partial charge is 0.371 e. The Bertz CT molecular complexity index is 399. The highest BCUT2D eigenvalue weighted by atomic mass is 16.4. The van der Waals surface area contributed by atoms with Crippen molar-refractivity contribution in [3.8, 4) is 0 Å². The summed E-state index contributed by atoms with van der Waals surface area (Å²) in [5.41, 5.74) is 0. The van der Waals surface area contributed by atoms with Gasteiger partial charge in [0, 0.05) is 6.04 Å². The zero-order valence-electron chi connectivity index (χ0n) is 10.8. The summed E-state index contributed by atoms with van der Waals surface area (Å²) in [5, 5.41) is 12.3. The van der Waals surface area contributed by atoms with Crippen molar-refractivity contribution in [2.45, 2.75) is 51.6 Å². The van der Waals surface area contributed by atoms with Crippen LogP contribution in [0.3, 0.4) is 0 Å². The van der Waals surface area contributed by atoms with Gasteiger partial charge in [-0.3, -0.25) is 0 Å². The van der Waals surface area contributed by atoms with Gasteiger partial charge in [-0.05, 0) is 30.9 Å². The van der Waals surface area contributed by atoms with Crippen LogP contribution in [0, 0.1) is 5.92 Å². The fourth-order valence-corrected chi connectivity index (χ4v) is 2.78. The number of hydrogen-bond acceptors (Lipinski definition) is 3. The number of furan rings is 1. The predicted molar refractivity (Wildman–Crippen MR) is 68.5 cm³/mol. The molecule has 0 spiro atoms. The van der Waals surface area contributed by atoms with Gasteiger partial charge in [0.1, 0.15) is 5.76 Å². The maximum Gasteiger partial charge on any atom is 0.371 e. The van der Waals surface area contributed by atoms with Gasteiger partial charge in [0.15, 0.2) is 0 Å². The van der Waals surface area contributed by atoms with Crippen molar-refractivity contribution >= 4 is 5.97 Å². The van der Waals surface area contributed by atoms with Crippen LogP contribution in [0.4, 0.5) is 0 Å². The molecule has 0 saturated heterocycles. The standard InChI is InChI=1S/C14H21NO3/c1-2-10-5-3-4-6-12(10)15-9-11-7-8-13(18-11)14(16)17/h7-8,10,12,15H,2-6,9H2,1H3,(H,16,17). The zero-order valence-corrected chi connectivity index (χ0v) is 10.8. The Labute approximate surface area is 107 Å². The summed E-state index contributed by atoms with van der Waals surface area (Å²) in [6.45, 7) is 2.86. The first-order valence-corrected chi connectivity index (χ1v) is 6.76. The number of carboxylic acids is 1. The fourth-order valence-electron chi connectivity index (χ4n) is 2.78. The molecule has 0 aliphatic heterocycles. The minimum absolute atomic E-state index is 0.0162. The number of carboxylic acid groups (broad SMARTS) is 1. The molecule has 0 amide bonds. The summed E-state index contributed by atoms with van der Waals surface area (Å²) in [4.78, 5) is 10.7. The van der Waals surface area contributed by atoms with Crippen LogP contribution in [0.25, 0.3) is 0 Å². The minimum Gasteiger partial charge on any atom is -0.475 e. The first-order valence-electron chi connectivity index (χ1n) is 6.76. The van der Waals surface area contributed by atoms with Crippen molar-refractivity contribution in [3.05, 3.63) is 23.7 Å². The van der Waals surface area contributed by atoms with E-state index >= 15 is 0 Å². The van der Waals surface area contributed by atoms with E-state index in [1.807, 2.05) is 0 Å². The molecule has 1 aliphatic rings. The molecule has 2 unspecified atom stereocenters. The summed E-state index contributed by atoms with van der Waals surface area (Å²) in [7, 11) is 0. The van der Waals surface area contributed by atoms with E-state index in [9.17, 15) is 4.79 Å². The summed E-state index contributed by atoms with van der Waals surface area (Å²) >= 11 is 0. The highest BCUT2D eigenvalue weighted by Crippen LogP contribution is 2.27. The molecule has 18 heavy (non-hydrogen) atoms. The monoisotopic (exact) mass is 251 g/mol. The van der Waals surface area contributed by atoms with Gasteiger partial charge in [-0.25, -0.2) is 4.79 Å². The van der Waals surface area contributed by atoms with Crippen LogP contribution >= 0.6 is 0 Å². The van der Waals surface area contributed by atoms with Gasteiger partial charge < -0.3 is 14.8 Å². The van der Waals surface area contributed by atoms with E-state index < -0.39 is 5.97 Å². The quantitative estimate of drug-likeness (QED) is 0.844. The van der Waals surface area contributed by atoms with Crippen LogP contribution in [0.1, 0.15) is 55.3 Å². The molecule has 100 valence electrons. The summed E-state index contributed by atoms with van der Waals surface area (Å²) in [6.07, 6.45) is 6.33. The number of carbonyl (C=O) groups is 1. The molecular formula is C14H21NO3. The molecule has 1 saturated carbocycles. The summed E-state index contributed by atoms with van der Waals surface area (Å²) in [5.74, 6) is 0.452. The average Bonchev–Trinajstić information content (AvgIpc) is 2.85. The highest BCUT2D eigenvalue weighted by Gasteiger charge is 2.23. The topological polar surface area (TPSA) is 62.5 Å². The lowest BCUT2D eigenvalue weighted by Crippen LogP contribution is -2.37. The first-order chi connectivity index (χ1) is 8.70. The number of nitrogens with one attached hydrogen (secondary N) is 1. The second-order valence-electron chi connectivity index (χ2n) is 5.01. The van der Waals surface area contributed by atoms with Gasteiger partial charge in [-0.15, -0.1) is 0 Å². The molecular weight excluding hydrogens is 230 g/mol. The first kappa shape index (κ1) is 13.1. The Balaban J connectivity index is 1.87. The Morgan fingerprint density at radius 1 is 1.44 bits per heavy atom. The molecule has 0 radical (unpaired) electrons. The van der Waals surface area contributed by atoms with Crippen molar-refractivity contribution in [3.63, 3.8) is 0 Å². The highest BCUT2D eigenvalue weighted by molar-refractivity contribution is 5.84. The molecule has 4 heteroatoms. The average molecular weight is 251 g/mol. The third-order valence-electron chi connectivity index (χ3n) is 3.84. The van der Waals surface area contributed by atoms with Crippen LogP contribution in [-0.4, -0.2) is 17.1 Å². The zero-order chi connectivity index (χ0) is 13.0. The van der Waals surface area contributed by atoms with Crippen LogP contribution in [0.5, 0.6) is 0 Å². The maximum absolute atomic E-state index is 10.7. The Morgan fingerprint density at radius 3 is 2.89 bits per heavy atom. The lowest BCUT2D eigenvalue weighted by molar-refractivity contribution is 0.0660. The third kappa shape index (κ3) is 3.13. The van der Waals surface area contributed by atoms with E-state index in [-0.39, 0.29) is 5.76 Å². The fraction of sp³-hybridized carbons (Fsp3) is 0.643. The predicted octanol–water partition coefficient (Wildman–Crippen LogP) is 3.04. The van der Waals surface area contributed by atoms with Gasteiger partial charge in [0.05, 0.1) is 6.54 Å². The van der Waals surface area contributed by atoms with Crippen LogP contribution in [0.2, 0.25) is 0 Å². The molecule has 1 aliphatic carbocycles.